The lowest BCUT2D eigenvalue weighted by Crippen LogP contribution is -2.49. The van der Waals surface area contributed by atoms with Gasteiger partial charge in [-0.1, -0.05) is 12.1 Å². The van der Waals surface area contributed by atoms with Gasteiger partial charge in [0.2, 0.25) is 0 Å². The van der Waals surface area contributed by atoms with Crippen LogP contribution in [0, 0.1) is 6.92 Å². The fourth-order valence-corrected chi connectivity index (χ4v) is 3.13. The van der Waals surface area contributed by atoms with E-state index in [0.717, 1.165) is 21.4 Å². The van der Waals surface area contributed by atoms with Crippen molar-refractivity contribution in [3.63, 3.8) is 0 Å². The van der Waals surface area contributed by atoms with Gasteiger partial charge in [0, 0.05) is 18.8 Å². The Kier molecular flexibility index (Phi) is 3.37. The molecule has 0 spiro atoms. The van der Waals surface area contributed by atoms with Crippen LogP contribution in [0.4, 0.5) is 8.78 Å². The number of halogens is 2. The zero-order valence-corrected chi connectivity index (χ0v) is 13.0. The smallest absolute Gasteiger partial charge is 0.319 e. The second-order valence-corrected chi connectivity index (χ2v) is 6.05. The van der Waals surface area contributed by atoms with Crippen LogP contribution in [0.1, 0.15) is 34.5 Å². The van der Waals surface area contributed by atoms with Crippen LogP contribution in [0.3, 0.4) is 0 Å². The van der Waals surface area contributed by atoms with Crippen molar-refractivity contribution in [1.82, 2.24) is 19.4 Å². The van der Waals surface area contributed by atoms with E-state index in [1.165, 1.54) is 12.1 Å². The van der Waals surface area contributed by atoms with Crippen LogP contribution in [0.2, 0.25) is 0 Å². The fourth-order valence-electron chi connectivity index (χ4n) is 3.13. The van der Waals surface area contributed by atoms with Crippen LogP contribution in [0.25, 0.3) is 11.0 Å². The normalized spacial score (nSPS) is 15.2. The molecule has 1 aliphatic rings. The number of aromatic nitrogens is 3. The number of rotatable bonds is 3. The Labute approximate surface area is 136 Å². The minimum atomic E-state index is -2.72. The summed E-state index contributed by atoms with van der Waals surface area (Å²) in [6.45, 7) is -0.194. The standard InChI is InChI=1S/C17H16F2N4O/c1-10-6-7-14(23(10)17(18)19)16(24)22-8-11(9-22)15-20-12-4-2-3-5-13(12)21-15/h2-7,11,17H,8-9H2,1H3,(H,20,21). The fraction of sp³-hybridized carbons (Fsp3) is 0.294. The number of para-hydroxylation sites is 2. The number of hydrogen-bond acceptors (Lipinski definition) is 2. The van der Waals surface area contributed by atoms with E-state index in [1.54, 1.807) is 11.8 Å². The molecule has 1 amide bonds. The summed E-state index contributed by atoms with van der Waals surface area (Å²) in [6, 6.07) is 10.7. The van der Waals surface area contributed by atoms with Gasteiger partial charge in [-0.25, -0.2) is 4.98 Å². The lowest BCUT2D eigenvalue weighted by atomic mass is 9.99. The second kappa shape index (κ2) is 5.43. The largest absolute Gasteiger partial charge is 0.342 e. The molecule has 4 rings (SSSR count). The summed E-state index contributed by atoms with van der Waals surface area (Å²) >= 11 is 0. The molecule has 1 saturated heterocycles. The number of imidazole rings is 1. The number of carbonyl (C=O) groups is 1. The summed E-state index contributed by atoms with van der Waals surface area (Å²) in [5.41, 5.74) is 2.26. The first-order chi connectivity index (χ1) is 11.5. The van der Waals surface area contributed by atoms with Crippen LogP contribution < -0.4 is 0 Å². The van der Waals surface area contributed by atoms with Gasteiger partial charge in [0.05, 0.1) is 17.0 Å². The quantitative estimate of drug-likeness (QED) is 0.801. The van der Waals surface area contributed by atoms with Gasteiger partial charge in [-0.2, -0.15) is 8.78 Å². The van der Waals surface area contributed by atoms with Crippen LogP contribution in [0.15, 0.2) is 36.4 Å². The number of aryl methyl sites for hydroxylation is 1. The molecule has 124 valence electrons. The molecule has 1 aromatic carbocycles. The highest BCUT2D eigenvalue weighted by Crippen LogP contribution is 2.29. The molecule has 0 saturated carbocycles. The Hall–Kier alpha value is -2.70. The van der Waals surface area contributed by atoms with E-state index in [9.17, 15) is 13.6 Å². The number of hydrogen-bond donors (Lipinski definition) is 1. The highest BCUT2D eigenvalue weighted by atomic mass is 19.3. The molecule has 0 aliphatic carbocycles. The Balaban J connectivity index is 1.50. The molecule has 0 unspecified atom stereocenters. The van der Waals surface area contributed by atoms with Gasteiger partial charge in [-0.15, -0.1) is 0 Å². The third-order valence-corrected chi connectivity index (χ3v) is 4.50. The Bertz CT molecular complexity index is 875. The van der Waals surface area contributed by atoms with Crippen molar-refractivity contribution in [2.45, 2.75) is 19.4 Å². The van der Waals surface area contributed by atoms with Crippen molar-refractivity contribution >= 4 is 16.9 Å². The van der Waals surface area contributed by atoms with Crippen molar-refractivity contribution in [3.05, 3.63) is 53.6 Å². The van der Waals surface area contributed by atoms with Gasteiger partial charge in [-0.3, -0.25) is 9.36 Å². The van der Waals surface area contributed by atoms with Gasteiger partial charge in [0.25, 0.3) is 5.91 Å². The maximum Gasteiger partial charge on any atom is 0.319 e. The van der Waals surface area contributed by atoms with Gasteiger partial charge in [0.15, 0.2) is 0 Å². The van der Waals surface area contributed by atoms with Crippen LogP contribution in [-0.2, 0) is 0 Å². The van der Waals surface area contributed by atoms with E-state index in [-0.39, 0.29) is 17.5 Å². The molecule has 7 heteroatoms. The lowest BCUT2D eigenvalue weighted by Gasteiger charge is -2.38. The van der Waals surface area contributed by atoms with Gasteiger partial charge >= 0.3 is 6.55 Å². The number of alkyl halides is 2. The van der Waals surface area contributed by atoms with E-state index >= 15 is 0 Å². The molecule has 0 atom stereocenters. The average Bonchev–Trinajstić information content (AvgIpc) is 3.08. The maximum absolute atomic E-state index is 13.1. The summed E-state index contributed by atoms with van der Waals surface area (Å²) in [6.07, 6.45) is 0. The summed E-state index contributed by atoms with van der Waals surface area (Å²) in [5.74, 6) is 0.578. The molecular weight excluding hydrogens is 314 g/mol. The van der Waals surface area contributed by atoms with Crippen LogP contribution in [-0.4, -0.2) is 38.4 Å². The Morgan fingerprint density at radius 2 is 2.00 bits per heavy atom. The van der Waals surface area contributed by atoms with Crippen LogP contribution in [0.5, 0.6) is 0 Å². The monoisotopic (exact) mass is 330 g/mol. The van der Waals surface area contributed by atoms with Crippen molar-refractivity contribution in [3.8, 4) is 0 Å². The summed E-state index contributed by atoms with van der Waals surface area (Å²) < 4.78 is 27.0. The molecule has 3 aromatic rings. The van der Waals surface area contributed by atoms with E-state index in [4.69, 9.17) is 0 Å². The molecule has 2 aromatic heterocycles. The van der Waals surface area contributed by atoms with Crippen molar-refractivity contribution in [2.75, 3.05) is 13.1 Å². The first-order valence-electron chi connectivity index (χ1n) is 7.74. The minimum absolute atomic E-state index is 0.0329. The molecule has 0 bridgehead atoms. The number of likely N-dealkylation sites (tertiary alicyclic amines) is 1. The molecule has 1 fully saturated rings. The third kappa shape index (κ3) is 2.28. The molecule has 24 heavy (non-hydrogen) atoms. The number of fused-ring (bicyclic) bond motifs is 1. The summed E-state index contributed by atoms with van der Waals surface area (Å²) in [7, 11) is 0. The van der Waals surface area contributed by atoms with Crippen molar-refractivity contribution in [1.29, 1.82) is 0 Å². The first-order valence-corrected chi connectivity index (χ1v) is 7.74. The highest BCUT2D eigenvalue weighted by Gasteiger charge is 2.36. The number of benzene rings is 1. The number of carbonyl (C=O) groups excluding carboxylic acids is 1. The zero-order valence-electron chi connectivity index (χ0n) is 13.0. The highest BCUT2D eigenvalue weighted by molar-refractivity contribution is 5.93. The van der Waals surface area contributed by atoms with E-state index in [2.05, 4.69) is 9.97 Å². The number of amides is 1. The van der Waals surface area contributed by atoms with Crippen LogP contribution >= 0.6 is 0 Å². The van der Waals surface area contributed by atoms with E-state index < -0.39 is 6.55 Å². The predicted molar refractivity (Wildman–Crippen MR) is 85.2 cm³/mol. The second-order valence-electron chi connectivity index (χ2n) is 6.05. The van der Waals surface area contributed by atoms with E-state index in [1.807, 2.05) is 24.3 Å². The number of H-pyrrole nitrogens is 1. The van der Waals surface area contributed by atoms with Crippen molar-refractivity contribution in [2.24, 2.45) is 0 Å². The summed E-state index contributed by atoms with van der Waals surface area (Å²) in [4.78, 5) is 21.8. The third-order valence-electron chi connectivity index (χ3n) is 4.50. The van der Waals surface area contributed by atoms with Crippen molar-refractivity contribution < 1.29 is 13.6 Å². The van der Waals surface area contributed by atoms with Gasteiger partial charge in [0.1, 0.15) is 11.5 Å². The molecule has 3 heterocycles. The number of nitrogens with one attached hydrogen (secondary N) is 1. The Morgan fingerprint density at radius 3 is 2.71 bits per heavy atom. The molecular formula is C17H16F2N4O. The topological polar surface area (TPSA) is 53.9 Å². The zero-order chi connectivity index (χ0) is 16.8. The SMILES string of the molecule is Cc1ccc(C(=O)N2CC(c3nc4ccccc4[nH]3)C2)n1C(F)F. The first kappa shape index (κ1) is 14.9. The molecule has 1 aliphatic heterocycles. The lowest BCUT2D eigenvalue weighted by molar-refractivity contribution is 0.0464. The summed E-state index contributed by atoms with van der Waals surface area (Å²) in [5, 5.41) is 0. The van der Waals surface area contributed by atoms with Gasteiger partial charge < -0.3 is 9.88 Å². The number of aromatic amines is 1. The molecule has 0 radical (unpaired) electrons. The number of nitrogens with zero attached hydrogens (tertiary/aromatic N) is 3. The Morgan fingerprint density at radius 1 is 1.25 bits per heavy atom. The maximum atomic E-state index is 13.1. The van der Waals surface area contributed by atoms with E-state index in [0.29, 0.717) is 18.8 Å². The minimum Gasteiger partial charge on any atom is -0.342 e. The average molecular weight is 330 g/mol. The van der Waals surface area contributed by atoms with Gasteiger partial charge in [-0.05, 0) is 31.2 Å². The molecule has 5 nitrogen and oxygen atoms in total. The predicted octanol–water partition coefficient (Wildman–Crippen LogP) is 3.31. The molecule has 1 N–H and O–H groups in total.